The quantitative estimate of drug-likeness (QED) is 0.226. The molecule has 0 saturated heterocycles. The molecule has 0 radical (unpaired) electrons. The van der Waals surface area contributed by atoms with Crippen LogP contribution in [0.5, 0.6) is 17.2 Å². The molecule has 7 nitrogen and oxygen atoms in total. The Kier molecular flexibility index (Phi) is 7.49. The predicted octanol–water partition coefficient (Wildman–Crippen LogP) is 5.36. The minimum absolute atomic E-state index is 0.0133. The first-order chi connectivity index (χ1) is 16.6. The third kappa shape index (κ3) is 5.40. The number of para-hydroxylation sites is 1. The van der Waals surface area contributed by atoms with E-state index in [4.69, 9.17) is 14.2 Å². The molecule has 0 unspecified atom stereocenters. The van der Waals surface area contributed by atoms with Gasteiger partial charge in [0.25, 0.3) is 0 Å². The lowest BCUT2D eigenvalue weighted by Gasteiger charge is -2.12. The molecule has 0 aliphatic rings. The highest BCUT2D eigenvalue weighted by Gasteiger charge is 2.17. The van der Waals surface area contributed by atoms with Gasteiger partial charge in [0, 0.05) is 22.6 Å². The molecule has 174 valence electrons. The smallest absolute Gasteiger partial charge is 0.196 e. The number of nitrogens with zero attached hydrogens (tertiary/aromatic N) is 3. The van der Waals surface area contributed by atoms with Crippen molar-refractivity contribution >= 4 is 17.5 Å². The average Bonchev–Trinajstić information content (AvgIpc) is 3.29. The second-order valence-corrected chi connectivity index (χ2v) is 8.35. The number of ketones is 1. The van der Waals surface area contributed by atoms with E-state index in [1.807, 2.05) is 71.3 Å². The van der Waals surface area contributed by atoms with Gasteiger partial charge >= 0.3 is 0 Å². The van der Waals surface area contributed by atoms with Crippen molar-refractivity contribution in [3.05, 3.63) is 89.7 Å². The number of benzene rings is 3. The monoisotopic (exact) mass is 475 g/mol. The molecule has 0 fully saturated rings. The molecule has 4 aromatic rings. The predicted molar refractivity (Wildman–Crippen MR) is 131 cm³/mol. The molecule has 0 aliphatic carbocycles. The number of Topliss-reactive ketones (excluding diaryl/α,β-unsaturated/α-hetero) is 1. The van der Waals surface area contributed by atoms with Crippen molar-refractivity contribution in [2.24, 2.45) is 0 Å². The Morgan fingerprint density at radius 3 is 2.32 bits per heavy atom. The van der Waals surface area contributed by atoms with E-state index in [0.717, 1.165) is 27.9 Å². The molecule has 3 aromatic carbocycles. The van der Waals surface area contributed by atoms with Crippen LogP contribution in [-0.2, 0) is 12.4 Å². The highest BCUT2D eigenvalue weighted by molar-refractivity contribution is 7.98. The molecule has 0 atom stereocenters. The summed E-state index contributed by atoms with van der Waals surface area (Å²) in [5.41, 5.74) is 2.50. The van der Waals surface area contributed by atoms with E-state index in [1.54, 1.807) is 27.2 Å². The number of carbonyl (C=O) groups excluding carboxylic acids is 1. The molecule has 1 heterocycles. The number of rotatable bonds is 10. The van der Waals surface area contributed by atoms with Gasteiger partial charge in [-0.25, -0.2) is 0 Å². The van der Waals surface area contributed by atoms with Crippen molar-refractivity contribution in [2.45, 2.75) is 24.4 Å². The van der Waals surface area contributed by atoms with Crippen LogP contribution >= 0.6 is 11.8 Å². The summed E-state index contributed by atoms with van der Waals surface area (Å²) in [6.45, 7) is 1.80. The minimum atomic E-state index is 0.0133. The van der Waals surface area contributed by atoms with Crippen molar-refractivity contribution in [2.75, 3.05) is 14.2 Å². The van der Waals surface area contributed by atoms with Gasteiger partial charge in [0.2, 0.25) is 0 Å². The number of carbonyl (C=O) groups is 1. The largest absolute Gasteiger partial charge is 0.497 e. The van der Waals surface area contributed by atoms with Crippen LogP contribution in [0.2, 0.25) is 0 Å². The van der Waals surface area contributed by atoms with E-state index in [9.17, 15) is 4.79 Å². The van der Waals surface area contributed by atoms with Crippen molar-refractivity contribution in [1.29, 1.82) is 0 Å². The van der Waals surface area contributed by atoms with Gasteiger partial charge in [-0.1, -0.05) is 30.0 Å². The van der Waals surface area contributed by atoms with Gasteiger partial charge < -0.3 is 14.2 Å². The lowest BCUT2D eigenvalue weighted by atomic mass is 10.1. The van der Waals surface area contributed by atoms with E-state index in [1.165, 1.54) is 11.8 Å². The van der Waals surface area contributed by atoms with Crippen molar-refractivity contribution in [1.82, 2.24) is 14.8 Å². The van der Waals surface area contributed by atoms with Gasteiger partial charge in [-0.2, -0.15) is 0 Å². The van der Waals surface area contributed by atoms with Crippen LogP contribution in [0, 0.1) is 0 Å². The van der Waals surface area contributed by atoms with Crippen LogP contribution in [-0.4, -0.2) is 34.8 Å². The topological polar surface area (TPSA) is 75.5 Å². The van der Waals surface area contributed by atoms with Crippen LogP contribution in [0.1, 0.15) is 28.7 Å². The fraction of sp³-hybridized carbons (Fsp3) is 0.192. The van der Waals surface area contributed by atoms with Crippen LogP contribution in [0.25, 0.3) is 5.69 Å². The molecular formula is C26H25N3O4S. The van der Waals surface area contributed by atoms with Crippen LogP contribution in [0.3, 0.4) is 0 Å². The summed E-state index contributed by atoms with van der Waals surface area (Å²) in [7, 11) is 3.25. The Morgan fingerprint density at radius 2 is 1.65 bits per heavy atom. The number of methoxy groups -OCH3 is 2. The maximum atomic E-state index is 11.8. The standard InChI is InChI=1S/C26H25N3O4S/c1-18(30)19-9-14-24(32-3)20(15-19)17-34-26-28-27-25(29(26)21-7-5-4-6-8-21)16-33-23-12-10-22(31-2)11-13-23/h4-15H,16-17H2,1-3H3. The third-order valence-corrected chi connectivity index (χ3v) is 6.16. The molecule has 4 rings (SSSR count). The van der Waals surface area contributed by atoms with Crippen molar-refractivity contribution in [3.8, 4) is 22.9 Å². The Bertz CT molecular complexity index is 1260. The summed E-state index contributed by atoms with van der Waals surface area (Å²) in [6.07, 6.45) is 0. The first-order valence-corrected chi connectivity index (χ1v) is 11.6. The Hall–Kier alpha value is -3.78. The van der Waals surface area contributed by atoms with E-state index < -0.39 is 0 Å². The Morgan fingerprint density at radius 1 is 0.912 bits per heavy atom. The zero-order valence-corrected chi connectivity index (χ0v) is 20.0. The molecule has 0 N–H and O–H groups in total. The lowest BCUT2D eigenvalue weighted by Crippen LogP contribution is -2.06. The van der Waals surface area contributed by atoms with Gasteiger partial charge in [-0.3, -0.25) is 9.36 Å². The fourth-order valence-corrected chi connectivity index (χ4v) is 4.34. The summed E-state index contributed by atoms with van der Waals surface area (Å²) in [4.78, 5) is 11.8. The van der Waals surface area contributed by atoms with Gasteiger partial charge in [0.1, 0.15) is 23.9 Å². The number of ether oxygens (including phenoxy) is 3. The summed E-state index contributed by atoms with van der Waals surface area (Å²) >= 11 is 1.52. The number of hydrogen-bond donors (Lipinski definition) is 0. The average molecular weight is 476 g/mol. The zero-order chi connectivity index (χ0) is 23.9. The maximum Gasteiger partial charge on any atom is 0.196 e. The van der Waals surface area contributed by atoms with Gasteiger partial charge in [-0.05, 0) is 61.5 Å². The van der Waals surface area contributed by atoms with E-state index in [0.29, 0.717) is 22.9 Å². The van der Waals surface area contributed by atoms with Crippen LogP contribution < -0.4 is 14.2 Å². The number of aromatic nitrogens is 3. The normalized spacial score (nSPS) is 10.7. The molecular weight excluding hydrogens is 450 g/mol. The van der Waals surface area contributed by atoms with Crippen LogP contribution in [0.15, 0.2) is 78.0 Å². The molecule has 0 amide bonds. The molecule has 1 aromatic heterocycles. The summed E-state index contributed by atoms with van der Waals surface area (Å²) in [6, 6.07) is 22.8. The van der Waals surface area contributed by atoms with Gasteiger partial charge in [0.15, 0.2) is 16.8 Å². The fourth-order valence-electron chi connectivity index (χ4n) is 3.40. The second kappa shape index (κ2) is 10.9. The lowest BCUT2D eigenvalue weighted by molar-refractivity contribution is 0.101. The van der Waals surface area contributed by atoms with Crippen LogP contribution in [0.4, 0.5) is 0 Å². The second-order valence-electron chi connectivity index (χ2n) is 7.41. The SMILES string of the molecule is COc1ccc(OCc2nnc(SCc3cc(C(C)=O)ccc3OC)n2-c2ccccc2)cc1. The zero-order valence-electron chi connectivity index (χ0n) is 19.2. The molecule has 0 saturated carbocycles. The van der Waals surface area contributed by atoms with Crippen molar-refractivity contribution < 1.29 is 19.0 Å². The summed E-state index contributed by atoms with van der Waals surface area (Å²) < 4.78 is 18.6. The number of thioether (sulfide) groups is 1. The Balaban J connectivity index is 1.58. The van der Waals surface area contributed by atoms with Crippen molar-refractivity contribution in [3.63, 3.8) is 0 Å². The highest BCUT2D eigenvalue weighted by Crippen LogP contribution is 2.30. The van der Waals surface area contributed by atoms with E-state index in [2.05, 4.69) is 10.2 Å². The Labute approximate surface area is 202 Å². The van der Waals surface area contributed by atoms with Gasteiger partial charge in [0.05, 0.1) is 14.2 Å². The summed E-state index contributed by atoms with van der Waals surface area (Å²) in [5, 5.41) is 9.54. The molecule has 0 spiro atoms. The third-order valence-electron chi connectivity index (χ3n) is 5.19. The first kappa shape index (κ1) is 23.4. The number of hydrogen-bond acceptors (Lipinski definition) is 7. The first-order valence-electron chi connectivity index (χ1n) is 10.7. The summed E-state index contributed by atoms with van der Waals surface area (Å²) in [5.74, 6) is 3.46. The van der Waals surface area contributed by atoms with E-state index >= 15 is 0 Å². The molecule has 8 heteroatoms. The molecule has 0 bridgehead atoms. The highest BCUT2D eigenvalue weighted by atomic mass is 32.2. The molecule has 0 aliphatic heterocycles. The van der Waals surface area contributed by atoms with Gasteiger partial charge in [-0.15, -0.1) is 10.2 Å². The minimum Gasteiger partial charge on any atom is -0.497 e. The maximum absolute atomic E-state index is 11.8. The molecule has 34 heavy (non-hydrogen) atoms. The van der Waals surface area contributed by atoms with E-state index in [-0.39, 0.29) is 12.4 Å².